The molecular weight excluding hydrogens is 677 g/mol. The highest BCUT2D eigenvalue weighted by Crippen LogP contribution is 2.38. The van der Waals surface area contributed by atoms with Crippen molar-refractivity contribution in [2.45, 2.75) is 0 Å². The van der Waals surface area contributed by atoms with Crippen molar-refractivity contribution >= 4 is 21.7 Å². The Morgan fingerprint density at radius 2 is 0.714 bits per heavy atom. The summed E-state index contributed by atoms with van der Waals surface area (Å²) in [4.78, 5) is 10.6. The SMILES string of the molecule is c1ccc(-c2cccc(-c3cccc(-c4ccc(-c5ccc(-c6nc(-c7ccccc7-c7ccccc7)nc7ccc8ccccc8c67)cc5)cc4)c3)c2)cc1. The van der Waals surface area contributed by atoms with Crippen LogP contribution < -0.4 is 0 Å². The third-order valence-corrected chi connectivity index (χ3v) is 10.7. The van der Waals surface area contributed by atoms with Gasteiger partial charge in [-0.3, -0.25) is 0 Å². The molecule has 10 rings (SSSR count). The lowest BCUT2D eigenvalue weighted by atomic mass is 9.95. The molecule has 1 aromatic heterocycles. The van der Waals surface area contributed by atoms with Crippen LogP contribution in [-0.2, 0) is 0 Å². The molecule has 0 saturated carbocycles. The number of hydrogen-bond acceptors (Lipinski definition) is 2. The number of benzene rings is 9. The first-order valence-electron chi connectivity index (χ1n) is 19.1. The Labute approximate surface area is 327 Å². The van der Waals surface area contributed by atoms with Gasteiger partial charge in [-0.1, -0.05) is 200 Å². The quantitative estimate of drug-likeness (QED) is 0.154. The van der Waals surface area contributed by atoms with E-state index >= 15 is 0 Å². The highest BCUT2D eigenvalue weighted by atomic mass is 14.9. The van der Waals surface area contributed by atoms with Gasteiger partial charge >= 0.3 is 0 Å². The molecule has 0 fully saturated rings. The molecule has 262 valence electrons. The molecule has 56 heavy (non-hydrogen) atoms. The van der Waals surface area contributed by atoms with Gasteiger partial charge in [-0.25, -0.2) is 9.97 Å². The van der Waals surface area contributed by atoms with Crippen molar-refractivity contribution in [2.75, 3.05) is 0 Å². The predicted octanol–water partition coefficient (Wildman–Crippen LogP) is 14.5. The summed E-state index contributed by atoms with van der Waals surface area (Å²) in [6.45, 7) is 0. The van der Waals surface area contributed by atoms with Gasteiger partial charge in [0.1, 0.15) is 0 Å². The van der Waals surface area contributed by atoms with Crippen molar-refractivity contribution in [2.24, 2.45) is 0 Å². The standard InChI is InChI=1S/C54H36N2/c1-3-13-37(14-4-1)44-18-11-20-46(35-44)47-21-12-19-45(36-47)40-27-25-38(26-28-40)39-29-31-43(32-30-39)53-52-49-23-8-7-17-42(49)33-34-51(52)55-54(56-53)50-24-10-9-22-48(50)41-15-5-2-6-16-41/h1-36H. The van der Waals surface area contributed by atoms with E-state index in [4.69, 9.17) is 9.97 Å². The smallest absolute Gasteiger partial charge is 0.161 e. The summed E-state index contributed by atoms with van der Waals surface area (Å²) in [6.07, 6.45) is 0. The van der Waals surface area contributed by atoms with E-state index < -0.39 is 0 Å². The van der Waals surface area contributed by atoms with Crippen LogP contribution in [-0.4, -0.2) is 9.97 Å². The normalized spacial score (nSPS) is 11.2. The van der Waals surface area contributed by atoms with Gasteiger partial charge in [0.05, 0.1) is 11.2 Å². The molecule has 1 heterocycles. The monoisotopic (exact) mass is 712 g/mol. The lowest BCUT2D eigenvalue weighted by molar-refractivity contribution is 1.23. The molecule has 0 aliphatic rings. The van der Waals surface area contributed by atoms with Gasteiger partial charge < -0.3 is 0 Å². The van der Waals surface area contributed by atoms with Crippen molar-refractivity contribution in [3.05, 3.63) is 218 Å². The summed E-state index contributed by atoms with van der Waals surface area (Å²) in [5.41, 5.74) is 15.8. The van der Waals surface area contributed by atoms with E-state index in [9.17, 15) is 0 Å². The van der Waals surface area contributed by atoms with E-state index in [0.29, 0.717) is 0 Å². The summed E-state index contributed by atoms with van der Waals surface area (Å²) in [7, 11) is 0. The van der Waals surface area contributed by atoms with Crippen molar-refractivity contribution < 1.29 is 0 Å². The molecule has 0 aliphatic carbocycles. The number of nitrogens with zero attached hydrogens (tertiary/aromatic N) is 2. The van der Waals surface area contributed by atoms with Crippen molar-refractivity contribution in [3.63, 3.8) is 0 Å². The Hall–Kier alpha value is -7.42. The lowest BCUT2D eigenvalue weighted by Gasteiger charge is -2.14. The minimum Gasteiger partial charge on any atom is -0.228 e. The van der Waals surface area contributed by atoms with E-state index in [0.717, 1.165) is 55.6 Å². The maximum absolute atomic E-state index is 5.36. The number of hydrogen-bond donors (Lipinski definition) is 0. The van der Waals surface area contributed by atoms with E-state index in [1.807, 2.05) is 6.07 Å². The topological polar surface area (TPSA) is 25.8 Å². The number of fused-ring (bicyclic) bond motifs is 3. The second-order valence-corrected chi connectivity index (χ2v) is 14.2. The number of rotatable bonds is 7. The van der Waals surface area contributed by atoms with Crippen LogP contribution in [0.2, 0.25) is 0 Å². The second-order valence-electron chi connectivity index (χ2n) is 14.2. The van der Waals surface area contributed by atoms with E-state index in [2.05, 4.69) is 212 Å². The summed E-state index contributed by atoms with van der Waals surface area (Å²) in [5, 5.41) is 3.39. The van der Waals surface area contributed by atoms with Gasteiger partial charge in [-0.15, -0.1) is 0 Å². The minimum absolute atomic E-state index is 0.717. The number of aromatic nitrogens is 2. The zero-order chi connectivity index (χ0) is 37.3. The Morgan fingerprint density at radius 1 is 0.268 bits per heavy atom. The molecule has 0 saturated heterocycles. The predicted molar refractivity (Wildman–Crippen MR) is 235 cm³/mol. The molecule has 10 aromatic rings. The Kier molecular flexibility index (Phi) is 8.55. The molecule has 2 nitrogen and oxygen atoms in total. The fraction of sp³-hybridized carbons (Fsp3) is 0. The van der Waals surface area contributed by atoms with Crippen molar-refractivity contribution in [3.8, 4) is 78.3 Å². The van der Waals surface area contributed by atoms with Gasteiger partial charge in [-0.2, -0.15) is 0 Å². The molecule has 0 amide bonds. The van der Waals surface area contributed by atoms with Crippen LogP contribution in [0.5, 0.6) is 0 Å². The summed E-state index contributed by atoms with van der Waals surface area (Å²) in [6, 6.07) is 77.6. The molecule has 0 aliphatic heterocycles. The Bertz CT molecular complexity index is 2990. The first-order chi connectivity index (χ1) is 27.7. The van der Waals surface area contributed by atoms with Crippen LogP contribution in [0.4, 0.5) is 0 Å². The Balaban J connectivity index is 0.990. The highest BCUT2D eigenvalue weighted by molar-refractivity contribution is 6.12. The molecule has 0 atom stereocenters. The summed E-state index contributed by atoms with van der Waals surface area (Å²) in [5.74, 6) is 0.717. The van der Waals surface area contributed by atoms with Crippen molar-refractivity contribution in [1.82, 2.24) is 9.97 Å². The fourth-order valence-electron chi connectivity index (χ4n) is 7.84. The largest absolute Gasteiger partial charge is 0.228 e. The van der Waals surface area contributed by atoms with Crippen LogP contribution >= 0.6 is 0 Å². The fourth-order valence-corrected chi connectivity index (χ4v) is 7.84. The van der Waals surface area contributed by atoms with Crippen LogP contribution in [0.1, 0.15) is 0 Å². The molecule has 2 heteroatoms. The van der Waals surface area contributed by atoms with Crippen molar-refractivity contribution in [1.29, 1.82) is 0 Å². The average Bonchev–Trinajstić information content (AvgIpc) is 3.29. The minimum atomic E-state index is 0.717. The van der Waals surface area contributed by atoms with Crippen LogP contribution in [0.3, 0.4) is 0 Å². The molecule has 0 spiro atoms. The van der Waals surface area contributed by atoms with Crippen LogP contribution in [0, 0.1) is 0 Å². The van der Waals surface area contributed by atoms with Gasteiger partial charge in [0.15, 0.2) is 5.82 Å². The summed E-state index contributed by atoms with van der Waals surface area (Å²) >= 11 is 0. The molecule has 9 aromatic carbocycles. The Morgan fingerprint density at radius 3 is 1.34 bits per heavy atom. The van der Waals surface area contributed by atoms with E-state index in [-0.39, 0.29) is 0 Å². The van der Waals surface area contributed by atoms with Crippen LogP contribution in [0.15, 0.2) is 218 Å². The molecule has 0 radical (unpaired) electrons. The second kappa shape index (κ2) is 14.4. The first kappa shape index (κ1) is 33.2. The van der Waals surface area contributed by atoms with Crippen LogP contribution in [0.25, 0.3) is 100.0 Å². The van der Waals surface area contributed by atoms with Gasteiger partial charge in [-0.05, 0) is 84.6 Å². The highest BCUT2D eigenvalue weighted by Gasteiger charge is 2.17. The molecule has 0 N–H and O–H groups in total. The summed E-state index contributed by atoms with van der Waals surface area (Å²) < 4.78 is 0. The van der Waals surface area contributed by atoms with Gasteiger partial charge in [0, 0.05) is 16.5 Å². The van der Waals surface area contributed by atoms with Gasteiger partial charge in [0.2, 0.25) is 0 Å². The lowest BCUT2D eigenvalue weighted by Crippen LogP contribution is -1.97. The zero-order valence-corrected chi connectivity index (χ0v) is 30.7. The third kappa shape index (κ3) is 6.34. The van der Waals surface area contributed by atoms with Gasteiger partial charge in [0.25, 0.3) is 0 Å². The maximum atomic E-state index is 5.36. The van der Waals surface area contributed by atoms with E-state index in [1.165, 1.54) is 44.3 Å². The molecule has 0 unspecified atom stereocenters. The zero-order valence-electron chi connectivity index (χ0n) is 30.7. The van der Waals surface area contributed by atoms with E-state index in [1.54, 1.807) is 0 Å². The average molecular weight is 713 g/mol. The molecular formula is C54H36N2. The maximum Gasteiger partial charge on any atom is 0.161 e. The third-order valence-electron chi connectivity index (χ3n) is 10.7. The molecule has 0 bridgehead atoms. The first-order valence-corrected chi connectivity index (χ1v) is 19.1.